The molecule has 2 rings (SSSR count). The Bertz CT molecular complexity index is 575. The first-order valence-corrected chi connectivity index (χ1v) is 7.15. The molecule has 0 atom stereocenters. The maximum absolute atomic E-state index is 13.3. The van der Waals surface area contributed by atoms with E-state index in [1.54, 1.807) is 6.07 Å². The van der Waals surface area contributed by atoms with Crippen LogP contribution < -0.4 is 5.32 Å². The molecule has 0 aliphatic carbocycles. The Morgan fingerprint density at radius 3 is 2.56 bits per heavy atom. The average Bonchev–Trinajstić information content (AvgIpc) is 2.32. The van der Waals surface area contributed by atoms with Gasteiger partial charge >= 0.3 is 0 Å². The van der Waals surface area contributed by atoms with Gasteiger partial charge in [0.25, 0.3) is 0 Å². The summed E-state index contributed by atoms with van der Waals surface area (Å²) in [5, 5.41) is 3.80. The van der Waals surface area contributed by atoms with Crippen molar-refractivity contribution in [2.45, 2.75) is 6.54 Å². The largest absolute Gasteiger partial charge is 0.380 e. The van der Waals surface area contributed by atoms with Gasteiger partial charge in [-0.3, -0.25) is 0 Å². The summed E-state index contributed by atoms with van der Waals surface area (Å²) in [5.41, 5.74) is 1.68. The number of benzene rings is 2. The highest BCUT2D eigenvalue weighted by Crippen LogP contribution is 2.26. The molecular formula is C13H9Br2ClFN. The molecule has 5 heteroatoms. The van der Waals surface area contributed by atoms with Crippen LogP contribution in [0.15, 0.2) is 45.3 Å². The van der Waals surface area contributed by atoms with Crippen molar-refractivity contribution < 1.29 is 4.39 Å². The van der Waals surface area contributed by atoms with Crippen LogP contribution in [0.25, 0.3) is 0 Å². The number of anilines is 1. The molecule has 1 nitrogen and oxygen atoms in total. The molecule has 0 amide bonds. The Hall–Kier alpha value is -0.580. The van der Waals surface area contributed by atoms with Crippen molar-refractivity contribution in [3.63, 3.8) is 0 Å². The van der Waals surface area contributed by atoms with Gasteiger partial charge in [-0.05, 0) is 51.8 Å². The zero-order chi connectivity index (χ0) is 13.1. The molecule has 94 valence electrons. The average molecular weight is 393 g/mol. The van der Waals surface area contributed by atoms with Gasteiger partial charge in [-0.25, -0.2) is 4.39 Å². The number of rotatable bonds is 3. The first kappa shape index (κ1) is 13.8. The number of hydrogen-bond donors (Lipinski definition) is 1. The highest BCUT2D eigenvalue weighted by atomic mass is 79.9. The summed E-state index contributed by atoms with van der Waals surface area (Å²) in [5.74, 6) is -0.267. The lowest BCUT2D eigenvalue weighted by atomic mass is 10.2. The van der Waals surface area contributed by atoms with Crippen LogP contribution in [0, 0.1) is 5.82 Å². The highest BCUT2D eigenvalue weighted by Gasteiger charge is 2.03. The van der Waals surface area contributed by atoms with E-state index < -0.39 is 0 Å². The lowest BCUT2D eigenvalue weighted by molar-refractivity contribution is 0.619. The lowest BCUT2D eigenvalue weighted by Gasteiger charge is -2.09. The summed E-state index contributed by atoms with van der Waals surface area (Å²) in [6.07, 6.45) is 0. The Balaban J connectivity index is 2.09. The molecule has 0 bridgehead atoms. The van der Waals surface area contributed by atoms with Gasteiger partial charge in [0.1, 0.15) is 5.82 Å². The monoisotopic (exact) mass is 391 g/mol. The van der Waals surface area contributed by atoms with E-state index >= 15 is 0 Å². The second-order valence-electron chi connectivity index (χ2n) is 3.73. The molecule has 0 heterocycles. The maximum atomic E-state index is 13.3. The molecular weight excluding hydrogens is 384 g/mol. The van der Waals surface area contributed by atoms with E-state index in [1.807, 2.05) is 24.3 Å². The van der Waals surface area contributed by atoms with E-state index in [2.05, 4.69) is 37.2 Å². The zero-order valence-corrected chi connectivity index (χ0v) is 13.1. The molecule has 0 saturated heterocycles. The van der Waals surface area contributed by atoms with Crippen molar-refractivity contribution in [3.05, 3.63) is 61.7 Å². The van der Waals surface area contributed by atoms with Crippen LogP contribution in [0.3, 0.4) is 0 Å². The minimum atomic E-state index is -0.267. The minimum Gasteiger partial charge on any atom is -0.380 e. The van der Waals surface area contributed by atoms with Crippen LogP contribution >= 0.6 is 43.5 Å². The number of hydrogen-bond acceptors (Lipinski definition) is 1. The quantitative estimate of drug-likeness (QED) is 0.714. The zero-order valence-electron chi connectivity index (χ0n) is 9.18. The highest BCUT2D eigenvalue weighted by molar-refractivity contribution is 9.10. The van der Waals surface area contributed by atoms with Crippen LogP contribution in [0.2, 0.25) is 5.02 Å². The second kappa shape index (κ2) is 6.04. The molecule has 0 spiro atoms. The Kier molecular flexibility index (Phi) is 4.65. The lowest BCUT2D eigenvalue weighted by Crippen LogP contribution is -2.00. The number of nitrogens with one attached hydrogen (secondary N) is 1. The third-order valence-corrected chi connectivity index (χ3v) is 3.85. The van der Waals surface area contributed by atoms with Crippen molar-refractivity contribution in [1.29, 1.82) is 0 Å². The predicted molar refractivity (Wildman–Crippen MR) is 80.6 cm³/mol. The fraction of sp³-hybridized carbons (Fsp3) is 0.0769. The van der Waals surface area contributed by atoms with Gasteiger partial charge in [0.2, 0.25) is 0 Å². The SMILES string of the molecule is Fc1cc(CNc2ccc(Br)cc2Cl)ccc1Br. The van der Waals surface area contributed by atoms with Gasteiger partial charge in [0.15, 0.2) is 0 Å². The van der Waals surface area contributed by atoms with E-state index in [0.717, 1.165) is 15.7 Å². The first-order valence-electron chi connectivity index (χ1n) is 5.19. The number of halogens is 4. The molecule has 0 fully saturated rings. The topological polar surface area (TPSA) is 12.0 Å². The smallest absolute Gasteiger partial charge is 0.137 e. The van der Waals surface area contributed by atoms with Crippen LogP contribution in [-0.2, 0) is 6.54 Å². The predicted octanol–water partition coefficient (Wildman–Crippen LogP) is 5.62. The van der Waals surface area contributed by atoms with E-state index in [4.69, 9.17) is 11.6 Å². The van der Waals surface area contributed by atoms with E-state index in [-0.39, 0.29) is 5.82 Å². The van der Waals surface area contributed by atoms with E-state index in [1.165, 1.54) is 6.07 Å². The normalized spacial score (nSPS) is 10.4. The van der Waals surface area contributed by atoms with Crippen LogP contribution in [0.5, 0.6) is 0 Å². The van der Waals surface area contributed by atoms with Gasteiger partial charge in [-0.1, -0.05) is 33.6 Å². The fourth-order valence-corrected chi connectivity index (χ4v) is 2.47. The third-order valence-electron chi connectivity index (χ3n) is 2.40. The summed E-state index contributed by atoms with van der Waals surface area (Å²) in [7, 11) is 0. The standard InChI is InChI=1S/C13H9Br2ClFN/c14-9-2-4-13(11(16)6-9)18-7-8-1-3-10(15)12(17)5-8/h1-6,18H,7H2. The van der Waals surface area contributed by atoms with Crippen molar-refractivity contribution in [2.24, 2.45) is 0 Å². The summed E-state index contributed by atoms with van der Waals surface area (Å²) in [6, 6.07) is 10.6. The fourth-order valence-electron chi connectivity index (χ4n) is 1.48. The summed E-state index contributed by atoms with van der Waals surface area (Å²) < 4.78 is 14.7. The summed E-state index contributed by atoms with van der Waals surface area (Å²) >= 11 is 12.5. The van der Waals surface area contributed by atoms with Gasteiger partial charge < -0.3 is 5.32 Å². The molecule has 0 aromatic heterocycles. The van der Waals surface area contributed by atoms with E-state index in [0.29, 0.717) is 16.0 Å². The molecule has 18 heavy (non-hydrogen) atoms. The molecule has 1 N–H and O–H groups in total. The van der Waals surface area contributed by atoms with Crippen molar-refractivity contribution in [3.8, 4) is 0 Å². The van der Waals surface area contributed by atoms with Crippen molar-refractivity contribution >= 4 is 49.1 Å². The molecule has 0 unspecified atom stereocenters. The molecule has 0 aliphatic rings. The third kappa shape index (κ3) is 3.46. The maximum Gasteiger partial charge on any atom is 0.137 e. The molecule has 0 saturated carbocycles. The van der Waals surface area contributed by atoms with E-state index in [9.17, 15) is 4.39 Å². The van der Waals surface area contributed by atoms with Gasteiger partial charge in [-0.15, -0.1) is 0 Å². The molecule has 0 radical (unpaired) electrons. The second-order valence-corrected chi connectivity index (χ2v) is 5.90. The Morgan fingerprint density at radius 1 is 1.11 bits per heavy atom. The van der Waals surface area contributed by atoms with Crippen molar-refractivity contribution in [1.82, 2.24) is 0 Å². The minimum absolute atomic E-state index is 0.267. The van der Waals surface area contributed by atoms with Crippen LogP contribution in [-0.4, -0.2) is 0 Å². The molecule has 0 aliphatic heterocycles. The summed E-state index contributed by atoms with van der Waals surface area (Å²) in [6.45, 7) is 0.519. The van der Waals surface area contributed by atoms with Gasteiger partial charge in [-0.2, -0.15) is 0 Å². The first-order chi connectivity index (χ1) is 8.56. The Labute approximate surface area is 127 Å². The molecule has 2 aromatic rings. The van der Waals surface area contributed by atoms with Gasteiger partial charge in [0.05, 0.1) is 15.2 Å². The van der Waals surface area contributed by atoms with Crippen molar-refractivity contribution in [2.75, 3.05) is 5.32 Å². The Morgan fingerprint density at radius 2 is 1.89 bits per heavy atom. The molecule has 2 aromatic carbocycles. The van der Waals surface area contributed by atoms with Crippen LogP contribution in [0.4, 0.5) is 10.1 Å². The van der Waals surface area contributed by atoms with Gasteiger partial charge in [0, 0.05) is 11.0 Å². The summed E-state index contributed by atoms with van der Waals surface area (Å²) in [4.78, 5) is 0. The van der Waals surface area contributed by atoms with Crippen LogP contribution in [0.1, 0.15) is 5.56 Å².